The Morgan fingerprint density at radius 2 is 1.87 bits per heavy atom. The molecule has 80 valence electrons. The fourth-order valence-electron chi connectivity index (χ4n) is 1.16. The number of hydrogen-bond acceptors (Lipinski definition) is 1. The van der Waals surface area contributed by atoms with Gasteiger partial charge in [0.15, 0.2) is 0 Å². The Bertz CT molecular complexity index is 338. The van der Waals surface area contributed by atoms with E-state index in [2.05, 4.69) is 25.7 Å². The minimum absolute atomic E-state index is 0.639. The first kappa shape index (κ1) is 11.7. The van der Waals surface area contributed by atoms with Gasteiger partial charge in [-0.25, -0.2) is 0 Å². The molecule has 0 aromatic heterocycles. The summed E-state index contributed by atoms with van der Waals surface area (Å²) in [7, 11) is 0. The average molecular weight is 202 g/mol. The van der Waals surface area contributed by atoms with Crippen LogP contribution in [0.3, 0.4) is 0 Å². The third kappa shape index (κ3) is 4.56. The second-order valence-electron chi connectivity index (χ2n) is 3.86. The van der Waals surface area contributed by atoms with Gasteiger partial charge in [-0.15, -0.1) is 0 Å². The second-order valence-corrected chi connectivity index (χ2v) is 3.86. The molecular weight excluding hydrogens is 184 g/mol. The molecule has 0 atom stereocenters. The fraction of sp³-hybridized carbons (Fsp3) is 0.429. The van der Waals surface area contributed by atoms with Crippen LogP contribution in [-0.2, 0) is 0 Å². The molecule has 0 aliphatic rings. The Morgan fingerprint density at radius 1 is 1.20 bits per heavy atom. The highest BCUT2D eigenvalue weighted by Crippen LogP contribution is 2.11. The molecular formula is C14H18O. The Balaban J connectivity index is 2.58. The van der Waals surface area contributed by atoms with Crippen molar-refractivity contribution in [1.29, 1.82) is 0 Å². The summed E-state index contributed by atoms with van der Waals surface area (Å²) in [5.41, 5.74) is 1.05. The first-order valence-corrected chi connectivity index (χ1v) is 5.44. The van der Waals surface area contributed by atoms with E-state index in [1.165, 1.54) is 0 Å². The Kier molecular flexibility index (Phi) is 4.77. The van der Waals surface area contributed by atoms with Crippen molar-refractivity contribution in [2.24, 2.45) is 5.92 Å². The lowest BCUT2D eigenvalue weighted by molar-refractivity contribution is 0.340. The largest absolute Gasteiger partial charge is 0.494 e. The van der Waals surface area contributed by atoms with Gasteiger partial charge in [-0.05, 0) is 37.1 Å². The van der Waals surface area contributed by atoms with Gasteiger partial charge in [0.05, 0.1) is 6.61 Å². The van der Waals surface area contributed by atoms with Gasteiger partial charge >= 0.3 is 0 Å². The van der Waals surface area contributed by atoms with Crippen molar-refractivity contribution in [2.45, 2.75) is 27.2 Å². The van der Waals surface area contributed by atoms with Crippen molar-refractivity contribution >= 4 is 0 Å². The van der Waals surface area contributed by atoms with E-state index < -0.39 is 0 Å². The zero-order valence-corrected chi connectivity index (χ0v) is 9.71. The van der Waals surface area contributed by atoms with Gasteiger partial charge in [0, 0.05) is 12.0 Å². The Labute approximate surface area is 92.5 Å². The highest BCUT2D eigenvalue weighted by Gasteiger charge is 1.91. The van der Waals surface area contributed by atoms with Crippen LogP contribution in [0.15, 0.2) is 24.3 Å². The van der Waals surface area contributed by atoms with E-state index in [4.69, 9.17) is 4.74 Å². The molecule has 15 heavy (non-hydrogen) atoms. The molecule has 0 aliphatic carbocycles. The zero-order chi connectivity index (χ0) is 11.1. The van der Waals surface area contributed by atoms with Crippen LogP contribution >= 0.6 is 0 Å². The van der Waals surface area contributed by atoms with Crippen LogP contribution in [0.1, 0.15) is 32.8 Å². The maximum Gasteiger partial charge on any atom is 0.119 e. The summed E-state index contributed by atoms with van der Waals surface area (Å²) in [6.45, 7) is 7.04. The van der Waals surface area contributed by atoms with Crippen molar-refractivity contribution in [3.05, 3.63) is 29.8 Å². The van der Waals surface area contributed by atoms with Gasteiger partial charge in [-0.3, -0.25) is 0 Å². The molecule has 0 radical (unpaired) electrons. The molecule has 1 aromatic rings. The van der Waals surface area contributed by atoms with Crippen molar-refractivity contribution in [3.63, 3.8) is 0 Å². The number of hydrogen-bond donors (Lipinski definition) is 0. The zero-order valence-electron chi connectivity index (χ0n) is 9.71. The SMILES string of the molecule is CCOc1ccc(C#CCC(C)C)cc1. The minimum Gasteiger partial charge on any atom is -0.494 e. The molecule has 0 bridgehead atoms. The van der Waals surface area contributed by atoms with Gasteiger partial charge < -0.3 is 4.74 Å². The third-order valence-electron chi connectivity index (χ3n) is 1.91. The van der Waals surface area contributed by atoms with E-state index in [9.17, 15) is 0 Å². The summed E-state index contributed by atoms with van der Waals surface area (Å²) < 4.78 is 5.36. The van der Waals surface area contributed by atoms with E-state index in [-0.39, 0.29) is 0 Å². The monoisotopic (exact) mass is 202 g/mol. The fourth-order valence-corrected chi connectivity index (χ4v) is 1.16. The lowest BCUT2D eigenvalue weighted by Gasteiger charge is -2.01. The summed E-state index contributed by atoms with van der Waals surface area (Å²) in [6.07, 6.45) is 0.952. The molecule has 0 unspecified atom stereocenters. The summed E-state index contributed by atoms with van der Waals surface area (Å²) in [4.78, 5) is 0. The maximum atomic E-state index is 5.36. The van der Waals surface area contributed by atoms with Crippen LogP contribution < -0.4 is 4.74 Å². The minimum atomic E-state index is 0.639. The molecule has 0 N–H and O–H groups in total. The van der Waals surface area contributed by atoms with Crippen molar-refractivity contribution < 1.29 is 4.74 Å². The lowest BCUT2D eigenvalue weighted by Crippen LogP contribution is -1.90. The van der Waals surface area contributed by atoms with E-state index in [0.29, 0.717) is 12.5 Å². The molecule has 1 heteroatoms. The van der Waals surface area contributed by atoms with Crippen LogP contribution in [0.5, 0.6) is 5.75 Å². The predicted octanol–water partition coefficient (Wildman–Crippen LogP) is 3.48. The second kappa shape index (κ2) is 6.14. The molecule has 0 heterocycles. The molecule has 1 rings (SSSR count). The predicted molar refractivity (Wildman–Crippen MR) is 63.9 cm³/mol. The molecule has 0 amide bonds. The first-order valence-electron chi connectivity index (χ1n) is 5.44. The van der Waals surface area contributed by atoms with Crippen LogP contribution in [0.2, 0.25) is 0 Å². The normalized spacial score (nSPS) is 9.60. The van der Waals surface area contributed by atoms with E-state index in [1.54, 1.807) is 0 Å². The van der Waals surface area contributed by atoms with Crippen LogP contribution in [0.4, 0.5) is 0 Å². The lowest BCUT2D eigenvalue weighted by atomic mass is 10.1. The third-order valence-corrected chi connectivity index (χ3v) is 1.91. The summed E-state index contributed by atoms with van der Waals surface area (Å²) in [5, 5.41) is 0. The average Bonchev–Trinajstić information content (AvgIpc) is 2.20. The number of ether oxygens (including phenoxy) is 1. The number of rotatable bonds is 3. The van der Waals surface area contributed by atoms with Crippen molar-refractivity contribution in [1.82, 2.24) is 0 Å². The molecule has 1 nitrogen and oxygen atoms in total. The van der Waals surface area contributed by atoms with Gasteiger partial charge in [0.25, 0.3) is 0 Å². The van der Waals surface area contributed by atoms with Gasteiger partial charge in [0.2, 0.25) is 0 Å². The van der Waals surface area contributed by atoms with Gasteiger partial charge in [0.1, 0.15) is 5.75 Å². The standard InChI is InChI=1S/C14H18O/c1-4-15-14-10-8-13(9-11-14)7-5-6-12(2)3/h8-12H,4,6H2,1-3H3. The topological polar surface area (TPSA) is 9.23 Å². The first-order chi connectivity index (χ1) is 7.22. The molecule has 1 aromatic carbocycles. The maximum absolute atomic E-state index is 5.36. The van der Waals surface area contributed by atoms with Gasteiger partial charge in [-0.2, -0.15) is 0 Å². The summed E-state index contributed by atoms with van der Waals surface area (Å²) in [5.74, 6) is 7.85. The van der Waals surface area contributed by atoms with Gasteiger partial charge in [-0.1, -0.05) is 25.7 Å². The smallest absolute Gasteiger partial charge is 0.119 e. The molecule has 0 fully saturated rings. The highest BCUT2D eigenvalue weighted by molar-refractivity contribution is 5.38. The van der Waals surface area contributed by atoms with Crippen molar-refractivity contribution in [2.75, 3.05) is 6.61 Å². The van der Waals surface area contributed by atoms with E-state index >= 15 is 0 Å². The Hall–Kier alpha value is -1.42. The molecule has 0 saturated carbocycles. The van der Waals surface area contributed by atoms with E-state index in [1.807, 2.05) is 31.2 Å². The molecule has 0 aliphatic heterocycles. The molecule has 0 spiro atoms. The molecule has 0 saturated heterocycles. The Morgan fingerprint density at radius 3 is 2.40 bits per heavy atom. The van der Waals surface area contributed by atoms with Crippen LogP contribution in [0.25, 0.3) is 0 Å². The quantitative estimate of drug-likeness (QED) is 0.682. The summed E-state index contributed by atoms with van der Waals surface area (Å²) in [6, 6.07) is 7.92. The highest BCUT2D eigenvalue weighted by atomic mass is 16.5. The van der Waals surface area contributed by atoms with Crippen molar-refractivity contribution in [3.8, 4) is 17.6 Å². The summed E-state index contributed by atoms with van der Waals surface area (Å²) >= 11 is 0. The van der Waals surface area contributed by atoms with Crippen LogP contribution in [-0.4, -0.2) is 6.61 Å². The van der Waals surface area contributed by atoms with E-state index in [0.717, 1.165) is 17.7 Å². The van der Waals surface area contributed by atoms with Crippen LogP contribution in [0, 0.1) is 17.8 Å². The number of benzene rings is 1.